The summed E-state index contributed by atoms with van der Waals surface area (Å²) < 4.78 is 0. The number of carbonyl (C=O) groups excluding carboxylic acids is 1. The fraction of sp³-hybridized carbons (Fsp3) is 0.625. The van der Waals surface area contributed by atoms with Gasteiger partial charge in [0.2, 0.25) is 5.91 Å². The number of hydrogen-bond acceptors (Lipinski definition) is 2. The minimum absolute atomic E-state index is 0.212. The Labute approximate surface area is 169 Å². The third-order valence-corrected chi connectivity index (χ3v) is 3.88. The Kier molecular flexibility index (Phi) is 24.9. The molecule has 156 valence electrons. The second-order valence-corrected chi connectivity index (χ2v) is 6.84. The predicted molar refractivity (Wildman–Crippen MR) is 122 cm³/mol. The first-order chi connectivity index (χ1) is 13.0. The zero-order valence-electron chi connectivity index (χ0n) is 18.3. The molecule has 3 heteroatoms. The molecule has 27 heavy (non-hydrogen) atoms. The van der Waals surface area contributed by atoms with Crippen LogP contribution in [0.5, 0.6) is 0 Å². The molecule has 2 N–H and O–H groups in total. The van der Waals surface area contributed by atoms with Crippen LogP contribution in [0.4, 0.5) is 0 Å². The van der Waals surface area contributed by atoms with Gasteiger partial charge in [-0.05, 0) is 65.6 Å². The van der Waals surface area contributed by atoms with E-state index in [1.54, 1.807) is 0 Å². The van der Waals surface area contributed by atoms with Gasteiger partial charge in [-0.15, -0.1) is 0 Å². The zero-order chi connectivity index (χ0) is 20.6. The van der Waals surface area contributed by atoms with Crippen molar-refractivity contribution in [2.45, 2.75) is 78.1 Å². The number of nitrogens with two attached hydrogens (primary N) is 1. The maximum Gasteiger partial charge on any atom is 0.217 e. The lowest BCUT2D eigenvalue weighted by molar-refractivity contribution is -0.118. The third kappa shape index (κ3) is 32.5. The smallest absolute Gasteiger partial charge is 0.217 e. The molecule has 0 unspecified atom stereocenters. The van der Waals surface area contributed by atoms with Crippen LogP contribution >= 0.6 is 0 Å². The molecule has 0 fully saturated rings. The Morgan fingerprint density at radius 1 is 0.741 bits per heavy atom. The van der Waals surface area contributed by atoms with Crippen molar-refractivity contribution in [2.24, 2.45) is 5.73 Å². The van der Waals surface area contributed by atoms with E-state index in [2.05, 4.69) is 81.5 Å². The average Bonchev–Trinajstić information content (AvgIpc) is 2.64. The molecule has 0 bridgehead atoms. The summed E-state index contributed by atoms with van der Waals surface area (Å²) in [5.41, 5.74) is 5.07. The van der Waals surface area contributed by atoms with Crippen molar-refractivity contribution < 1.29 is 4.79 Å². The maximum atomic E-state index is 10.5. The summed E-state index contributed by atoms with van der Waals surface area (Å²) >= 11 is 0. The number of primary amides is 1. The van der Waals surface area contributed by atoms with Crippen molar-refractivity contribution in [2.75, 3.05) is 20.6 Å². The summed E-state index contributed by atoms with van der Waals surface area (Å²) in [4.78, 5) is 12.7. The van der Waals surface area contributed by atoms with Gasteiger partial charge in [0.25, 0.3) is 0 Å². The van der Waals surface area contributed by atoms with Gasteiger partial charge in [0.1, 0.15) is 0 Å². The highest BCUT2D eigenvalue weighted by atomic mass is 16.1. The largest absolute Gasteiger partial charge is 0.370 e. The van der Waals surface area contributed by atoms with Crippen LogP contribution in [0, 0.1) is 0 Å². The molecule has 0 aliphatic rings. The molecule has 3 nitrogen and oxygen atoms in total. The van der Waals surface area contributed by atoms with E-state index in [-0.39, 0.29) is 5.91 Å². The molecule has 0 aromatic carbocycles. The van der Waals surface area contributed by atoms with Gasteiger partial charge in [-0.3, -0.25) is 4.79 Å². The van der Waals surface area contributed by atoms with E-state index >= 15 is 0 Å². The molecule has 0 aromatic rings. The first kappa shape index (κ1) is 27.6. The van der Waals surface area contributed by atoms with Crippen molar-refractivity contribution in [3.05, 3.63) is 48.6 Å². The maximum absolute atomic E-state index is 10.5. The number of nitrogens with zero attached hydrogens (tertiary/aromatic N) is 1. The van der Waals surface area contributed by atoms with Crippen molar-refractivity contribution in [3.63, 3.8) is 0 Å². The second kappa shape index (κ2) is 24.4. The number of amides is 1. The summed E-state index contributed by atoms with van der Waals surface area (Å²) in [5, 5.41) is 0. The minimum Gasteiger partial charge on any atom is -0.370 e. The molecule has 0 rings (SSSR count). The van der Waals surface area contributed by atoms with E-state index in [0.29, 0.717) is 6.42 Å². The van der Waals surface area contributed by atoms with Gasteiger partial charge in [0, 0.05) is 6.42 Å². The van der Waals surface area contributed by atoms with E-state index in [1.165, 1.54) is 25.7 Å². The van der Waals surface area contributed by atoms with Crippen molar-refractivity contribution >= 4 is 5.91 Å². The van der Waals surface area contributed by atoms with Crippen LogP contribution in [-0.4, -0.2) is 31.4 Å². The normalized spacial score (nSPS) is 11.9. The lowest BCUT2D eigenvalue weighted by atomic mass is 10.2. The van der Waals surface area contributed by atoms with Gasteiger partial charge in [-0.25, -0.2) is 0 Å². The van der Waals surface area contributed by atoms with Crippen molar-refractivity contribution in [1.29, 1.82) is 0 Å². The first-order valence-electron chi connectivity index (χ1n) is 10.6. The summed E-state index contributed by atoms with van der Waals surface area (Å²) in [5.74, 6) is -0.212. The van der Waals surface area contributed by atoms with Gasteiger partial charge in [-0.1, -0.05) is 75.3 Å². The molecule has 0 aromatic heterocycles. The predicted octanol–water partition coefficient (Wildman–Crippen LogP) is 6.19. The van der Waals surface area contributed by atoms with Gasteiger partial charge in [0.15, 0.2) is 0 Å². The van der Waals surface area contributed by atoms with Gasteiger partial charge < -0.3 is 10.6 Å². The Morgan fingerprint density at radius 2 is 1.15 bits per heavy atom. The highest BCUT2D eigenvalue weighted by Crippen LogP contribution is 2.01. The van der Waals surface area contributed by atoms with E-state index in [0.717, 1.165) is 38.6 Å². The molecule has 0 heterocycles. The summed E-state index contributed by atoms with van der Waals surface area (Å²) in [7, 11) is 4.11. The first-order valence-corrected chi connectivity index (χ1v) is 10.6. The molecule has 0 radical (unpaired) electrons. The van der Waals surface area contributed by atoms with Crippen LogP contribution in [0.2, 0.25) is 0 Å². The monoisotopic (exact) mass is 376 g/mol. The van der Waals surface area contributed by atoms with E-state index < -0.39 is 0 Å². The molecular weight excluding hydrogens is 332 g/mol. The van der Waals surface area contributed by atoms with Crippen molar-refractivity contribution in [1.82, 2.24) is 4.90 Å². The number of allylic oxidation sites excluding steroid dienone is 8. The lowest BCUT2D eigenvalue weighted by Gasteiger charge is -2.00. The lowest BCUT2D eigenvalue weighted by Crippen LogP contribution is -2.09. The molecule has 0 aliphatic carbocycles. The number of unbranched alkanes of at least 4 members (excludes halogenated alkanes) is 4. The van der Waals surface area contributed by atoms with Crippen LogP contribution in [0.1, 0.15) is 78.1 Å². The Bertz CT molecular complexity index is 420. The average molecular weight is 377 g/mol. The zero-order valence-corrected chi connectivity index (χ0v) is 18.3. The standard InChI is InChI=1S/C20H33NO.C4H11N/c1-2-3-4-5-6-7-8-9-10-11-12-13-14-15-16-17-18-19-20(21)22;1-4-5(2)3/h6-7,9-10,12-13,15-16H,2-5,8,11,14,17-19H2,1H3,(H2,21,22);4H2,1-3H3/b7-6-,10-9-,13-12-,16-15-;. The number of carbonyl (C=O) groups is 1. The van der Waals surface area contributed by atoms with Gasteiger partial charge >= 0.3 is 0 Å². The fourth-order valence-electron chi connectivity index (χ4n) is 1.96. The summed E-state index contributed by atoms with van der Waals surface area (Å²) in [6.07, 6.45) is 28.0. The third-order valence-electron chi connectivity index (χ3n) is 3.88. The van der Waals surface area contributed by atoms with Crippen LogP contribution in [0.3, 0.4) is 0 Å². The molecule has 0 saturated carbocycles. The Morgan fingerprint density at radius 3 is 1.52 bits per heavy atom. The molecule has 0 spiro atoms. The van der Waals surface area contributed by atoms with Crippen LogP contribution in [-0.2, 0) is 4.79 Å². The molecule has 1 amide bonds. The second-order valence-electron chi connectivity index (χ2n) is 6.84. The molecule has 0 atom stereocenters. The summed E-state index contributed by atoms with van der Waals surface area (Å²) in [6, 6.07) is 0. The fourth-order valence-corrected chi connectivity index (χ4v) is 1.96. The van der Waals surface area contributed by atoms with E-state index in [9.17, 15) is 4.79 Å². The molecular formula is C24H44N2O. The van der Waals surface area contributed by atoms with Crippen LogP contribution in [0.25, 0.3) is 0 Å². The topological polar surface area (TPSA) is 46.3 Å². The van der Waals surface area contributed by atoms with E-state index in [4.69, 9.17) is 5.73 Å². The minimum atomic E-state index is -0.212. The Balaban J connectivity index is 0. The van der Waals surface area contributed by atoms with Crippen LogP contribution in [0.15, 0.2) is 48.6 Å². The quantitative estimate of drug-likeness (QED) is 0.274. The highest BCUT2D eigenvalue weighted by Gasteiger charge is 1.90. The van der Waals surface area contributed by atoms with Crippen molar-refractivity contribution in [3.8, 4) is 0 Å². The number of hydrogen-bond donors (Lipinski definition) is 1. The van der Waals surface area contributed by atoms with E-state index in [1.807, 2.05) is 0 Å². The highest BCUT2D eigenvalue weighted by molar-refractivity contribution is 5.73. The van der Waals surface area contributed by atoms with Gasteiger partial charge in [0.05, 0.1) is 0 Å². The van der Waals surface area contributed by atoms with Gasteiger partial charge in [-0.2, -0.15) is 0 Å². The Hall–Kier alpha value is -1.61. The summed E-state index contributed by atoms with van der Waals surface area (Å²) in [6.45, 7) is 5.50. The van der Waals surface area contributed by atoms with Crippen LogP contribution < -0.4 is 5.73 Å². The molecule has 0 aliphatic heterocycles. The number of rotatable bonds is 15. The molecule has 0 saturated heterocycles. The SMILES string of the molecule is CCCCC/C=C\C/C=C\C/C=C\C/C=C\CCCC(N)=O.CCN(C)C.